The lowest BCUT2D eigenvalue weighted by Crippen LogP contribution is -2.30. The van der Waals surface area contributed by atoms with Gasteiger partial charge < -0.3 is 5.32 Å². The molecule has 0 saturated carbocycles. The van der Waals surface area contributed by atoms with Crippen molar-refractivity contribution in [2.75, 3.05) is 5.32 Å². The fraction of sp³-hybridized carbons (Fsp3) is 0. The Hall–Kier alpha value is -3.77. The lowest BCUT2D eigenvalue weighted by atomic mass is 10.1. The third kappa shape index (κ3) is 3.33. The molecule has 0 atom stereocenters. The summed E-state index contributed by atoms with van der Waals surface area (Å²) in [5.41, 5.74) is 4.95. The number of nitrogens with two attached hydrogens (primary N) is 1. The van der Waals surface area contributed by atoms with Gasteiger partial charge in [0.15, 0.2) is 5.82 Å². The van der Waals surface area contributed by atoms with Crippen LogP contribution in [-0.4, -0.2) is 15.9 Å². The molecule has 1 amide bonds. The number of carbonyl (C=O) groups excluding carboxylic acids is 1. The van der Waals surface area contributed by atoms with Crippen molar-refractivity contribution in [3.05, 3.63) is 84.4 Å². The van der Waals surface area contributed by atoms with Crippen LogP contribution in [0.5, 0.6) is 0 Å². The van der Waals surface area contributed by atoms with Crippen molar-refractivity contribution < 1.29 is 4.79 Å². The molecule has 0 saturated heterocycles. The van der Waals surface area contributed by atoms with E-state index in [9.17, 15) is 4.79 Å². The van der Waals surface area contributed by atoms with Crippen LogP contribution in [0.3, 0.4) is 0 Å². The second-order valence-corrected chi connectivity index (χ2v) is 5.92. The number of benzene rings is 3. The van der Waals surface area contributed by atoms with E-state index in [1.165, 1.54) is 0 Å². The van der Waals surface area contributed by atoms with Crippen LogP contribution >= 0.6 is 0 Å². The fourth-order valence-corrected chi connectivity index (χ4v) is 2.88. The maximum absolute atomic E-state index is 12.1. The zero-order valence-electron chi connectivity index (χ0n) is 14.4. The Morgan fingerprint density at radius 1 is 0.815 bits per heavy atom. The Bertz CT molecular complexity index is 1110. The van der Waals surface area contributed by atoms with Crippen LogP contribution in [0.25, 0.3) is 22.3 Å². The lowest BCUT2D eigenvalue weighted by molar-refractivity contribution is 0.0954. The lowest BCUT2D eigenvalue weighted by Gasteiger charge is -2.13. The first-order valence-corrected chi connectivity index (χ1v) is 8.45. The molecule has 1 heterocycles. The Morgan fingerprint density at radius 2 is 1.52 bits per heavy atom. The minimum atomic E-state index is -0.375. The number of rotatable bonds is 4. The molecular weight excluding hydrogens is 338 g/mol. The first kappa shape index (κ1) is 16.7. The van der Waals surface area contributed by atoms with Gasteiger partial charge in [-0.25, -0.2) is 15.8 Å². The van der Waals surface area contributed by atoms with Crippen LogP contribution < -0.4 is 16.6 Å². The van der Waals surface area contributed by atoms with Crippen LogP contribution in [0, 0.1) is 0 Å². The average molecular weight is 355 g/mol. The average Bonchev–Trinajstić information content (AvgIpc) is 2.74. The minimum Gasteiger partial charge on any atom is -0.339 e. The normalized spacial score (nSPS) is 10.6. The number of nitrogen functional groups attached to an aromatic ring is 1. The van der Waals surface area contributed by atoms with Gasteiger partial charge in [0.2, 0.25) is 0 Å². The number of nitrogens with one attached hydrogen (secondary N) is 2. The second-order valence-electron chi connectivity index (χ2n) is 5.92. The number of hydrogen-bond donors (Lipinski definition) is 3. The molecule has 6 nitrogen and oxygen atoms in total. The van der Waals surface area contributed by atoms with Gasteiger partial charge in [0.05, 0.1) is 16.8 Å². The first-order chi connectivity index (χ1) is 13.3. The van der Waals surface area contributed by atoms with E-state index in [0.29, 0.717) is 22.9 Å². The van der Waals surface area contributed by atoms with E-state index < -0.39 is 0 Å². The number of aromatic nitrogens is 2. The molecule has 0 aliphatic rings. The highest BCUT2D eigenvalue weighted by Crippen LogP contribution is 2.28. The molecule has 4 rings (SSSR count). The van der Waals surface area contributed by atoms with E-state index in [-0.39, 0.29) is 5.91 Å². The van der Waals surface area contributed by atoms with Crippen molar-refractivity contribution in [3.63, 3.8) is 0 Å². The molecule has 132 valence electrons. The van der Waals surface area contributed by atoms with Gasteiger partial charge in [0.1, 0.15) is 5.82 Å². The molecule has 1 aromatic heterocycles. The number of amides is 1. The summed E-state index contributed by atoms with van der Waals surface area (Å²) >= 11 is 0. The van der Waals surface area contributed by atoms with Gasteiger partial charge in [-0.05, 0) is 24.3 Å². The number of hydrogen-bond acceptors (Lipinski definition) is 5. The summed E-state index contributed by atoms with van der Waals surface area (Å²) in [4.78, 5) is 21.4. The summed E-state index contributed by atoms with van der Waals surface area (Å²) in [6.45, 7) is 0. The van der Waals surface area contributed by atoms with Gasteiger partial charge in [-0.15, -0.1) is 0 Å². The first-order valence-electron chi connectivity index (χ1n) is 8.45. The number of para-hydroxylation sites is 2. The molecule has 0 fully saturated rings. The summed E-state index contributed by atoms with van der Waals surface area (Å²) in [5, 5.41) is 4.13. The number of anilines is 2. The molecule has 0 bridgehead atoms. The van der Waals surface area contributed by atoms with Gasteiger partial charge in [-0.2, -0.15) is 0 Å². The smallest absolute Gasteiger partial charge is 0.267 e. The highest BCUT2D eigenvalue weighted by Gasteiger charge is 2.13. The van der Waals surface area contributed by atoms with Crippen molar-refractivity contribution in [2.45, 2.75) is 0 Å². The maximum atomic E-state index is 12.1. The Kier molecular flexibility index (Phi) is 4.47. The Balaban J connectivity index is 1.86. The van der Waals surface area contributed by atoms with E-state index in [1.807, 2.05) is 66.7 Å². The molecule has 0 aliphatic carbocycles. The SMILES string of the molecule is NNC(=O)c1ccccc1Nc1nc(-c2ccccc2)nc2ccccc12. The van der Waals surface area contributed by atoms with E-state index in [4.69, 9.17) is 10.8 Å². The van der Waals surface area contributed by atoms with Crippen molar-refractivity contribution in [1.82, 2.24) is 15.4 Å². The quantitative estimate of drug-likeness (QED) is 0.295. The van der Waals surface area contributed by atoms with E-state index in [0.717, 1.165) is 16.5 Å². The third-order valence-corrected chi connectivity index (χ3v) is 4.19. The summed E-state index contributed by atoms with van der Waals surface area (Å²) in [6, 6.07) is 24.6. The van der Waals surface area contributed by atoms with Crippen LogP contribution in [0.2, 0.25) is 0 Å². The van der Waals surface area contributed by atoms with Crippen molar-refractivity contribution in [2.24, 2.45) is 5.84 Å². The molecule has 27 heavy (non-hydrogen) atoms. The van der Waals surface area contributed by atoms with Crippen molar-refractivity contribution >= 4 is 28.3 Å². The number of hydrazine groups is 1. The third-order valence-electron chi connectivity index (χ3n) is 4.19. The molecule has 4 aromatic rings. The van der Waals surface area contributed by atoms with Gasteiger partial charge in [-0.3, -0.25) is 10.2 Å². The number of nitrogens with zero attached hydrogens (tertiary/aromatic N) is 2. The molecule has 4 N–H and O–H groups in total. The molecule has 0 radical (unpaired) electrons. The van der Waals surface area contributed by atoms with Gasteiger partial charge in [-0.1, -0.05) is 54.6 Å². The van der Waals surface area contributed by atoms with E-state index >= 15 is 0 Å². The largest absolute Gasteiger partial charge is 0.339 e. The Labute approximate surface area is 156 Å². The Morgan fingerprint density at radius 3 is 2.33 bits per heavy atom. The van der Waals surface area contributed by atoms with E-state index in [1.54, 1.807) is 12.1 Å². The fourth-order valence-electron chi connectivity index (χ4n) is 2.88. The summed E-state index contributed by atoms with van der Waals surface area (Å²) in [7, 11) is 0. The van der Waals surface area contributed by atoms with Gasteiger partial charge in [0, 0.05) is 10.9 Å². The molecule has 0 spiro atoms. The van der Waals surface area contributed by atoms with Gasteiger partial charge in [0.25, 0.3) is 5.91 Å². The number of fused-ring (bicyclic) bond motifs is 1. The molecular formula is C21H17N5O. The zero-order valence-corrected chi connectivity index (χ0v) is 14.4. The minimum absolute atomic E-state index is 0.375. The molecule has 0 unspecified atom stereocenters. The topological polar surface area (TPSA) is 92.9 Å². The standard InChI is InChI=1S/C21H17N5O/c22-26-21(27)16-11-5-7-13-18(16)24-20-15-10-4-6-12-17(15)23-19(25-20)14-8-2-1-3-9-14/h1-13H,22H2,(H,26,27)(H,23,24,25). The van der Waals surface area contributed by atoms with Crippen molar-refractivity contribution in [1.29, 1.82) is 0 Å². The highest BCUT2D eigenvalue weighted by atomic mass is 16.2. The van der Waals surface area contributed by atoms with E-state index in [2.05, 4.69) is 15.7 Å². The van der Waals surface area contributed by atoms with Crippen LogP contribution in [-0.2, 0) is 0 Å². The zero-order chi connectivity index (χ0) is 18.6. The maximum Gasteiger partial charge on any atom is 0.267 e. The summed E-state index contributed by atoms with van der Waals surface area (Å²) < 4.78 is 0. The summed E-state index contributed by atoms with van der Waals surface area (Å²) in [6.07, 6.45) is 0. The molecule has 0 aliphatic heterocycles. The van der Waals surface area contributed by atoms with Crippen molar-refractivity contribution in [3.8, 4) is 11.4 Å². The highest BCUT2D eigenvalue weighted by molar-refractivity contribution is 6.01. The number of carbonyl (C=O) groups is 1. The van der Waals surface area contributed by atoms with Gasteiger partial charge >= 0.3 is 0 Å². The monoisotopic (exact) mass is 355 g/mol. The van der Waals surface area contributed by atoms with Crippen LogP contribution in [0.1, 0.15) is 10.4 Å². The summed E-state index contributed by atoms with van der Waals surface area (Å²) in [5.74, 6) is 6.16. The predicted octanol–water partition coefficient (Wildman–Crippen LogP) is 3.64. The predicted molar refractivity (Wildman–Crippen MR) is 106 cm³/mol. The second kappa shape index (κ2) is 7.23. The van der Waals surface area contributed by atoms with Crippen LogP contribution in [0.15, 0.2) is 78.9 Å². The van der Waals surface area contributed by atoms with Crippen LogP contribution in [0.4, 0.5) is 11.5 Å². The molecule has 3 aromatic carbocycles. The molecule has 6 heteroatoms.